The molecule has 0 heterocycles. The van der Waals surface area contributed by atoms with Gasteiger partial charge in [0.2, 0.25) is 5.91 Å². The van der Waals surface area contributed by atoms with E-state index in [1.807, 2.05) is 12.1 Å². The van der Waals surface area contributed by atoms with Crippen LogP contribution >= 0.6 is 15.9 Å². The fourth-order valence-electron chi connectivity index (χ4n) is 3.14. The van der Waals surface area contributed by atoms with Crippen LogP contribution in [0.25, 0.3) is 6.08 Å². The zero-order valence-corrected chi connectivity index (χ0v) is 20.3. The normalized spacial score (nSPS) is 10.9. The van der Waals surface area contributed by atoms with Crippen molar-refractivity contribution in [3.63, 3.8) is 0 Å². The lowest BCUT2D eigenvalue weighted by Gasteiger charge is -2.14. The summed E-state index contributed by atoms with van der Waals surface area (Å²) in [6, 6.07) is 21.1. The van der Waals surface area contributed by atoms with Gasteiger partial charge in [0, 0.05) is 24.7 Å². The van der Waals surface area contributed by atoms with Crippen molar-refractivity contribution in [2.24, 2.45) is 0 Å². The molecule has 3 N–H and O–H groups in total. The van der Waals surface area contributed by atoms with Gasteiger partial charge >= 0.3 is 0 Å². The maximum atomic E-state index is 13.1. The first kappa shape index (κ1) is 24.7. The highest BCUT2D eigenvalue weighted by Crippen LogP contribution is 2.26. The van der Waals surface area contributed by atoms with Crippen LogP contribution in [0.4, 0.5) is 5.69 Å². The van der Waals surface area contributed by atoms with Gasteiger partial charge in [0.1, 0.15) is 11.4 Å². The van der Waals surface area contributed by atoms with E-state index in [1.165, 1.54) is 6.92 Å². The highest BCUT2D eigenvalue weighted by molar-refractivity contribution is 9.10. The summed E-state index contributed by atoms with van der Waals surface area (Å²) in [5.41, 5.74) is 2.51. The molecule has 34 heavy (non-hydrogen) atoms. The number of hydrogen-bond donors (Lipinski definition) is 3. The minimum atomic E-state index is -0.478. The van der Waals surface area contributed by atoms with Crippen LogP contribution in [0.3, 0.4) is 0 Å². The quantitative estimate of drug-likeness (QED) is 0.380. The van der Waals surface area contributed by atoms with Crippen LogP contribution in [0.1, 0.15) is 28.4 Å². The van der Waals surface area contributed by atoms with E-state index in [-0.39, 0.29) is 18.1 Å². The molecule has 0 unspecified atom stereocenters. The topological polar surface area (TPSA) is 96.5 Å². The lowest BCUT2D eigenvalue weighted by atomic mass is 10.1. The van der Waals surface area contributed by atoms with E-state index < -0.39 is 11.8 Å². The molecule has 3 rings (SSSR count). The molecule has 0 atom stereocenters. The monoisotopic (exact) mass is 521 g/mol. The molecular formula is C26H24BrN3O4. The number of carbonyl (C=O) groups is 3. The van der Waals surface area contributed by atoms with Gasteiger partial charge in [0.05, 0.1) is 11.6 Å². The summed E-state index contributed by atoms with van der Waals surface area (Å²) in [5.74, 6) is -0.451. The number of methoxy groups -OCH3 is 1. The maximum Gasteiger partial charge on any atom is 0.268 e. The molecule has 0 saturated carbocycles. The van der Waals surface area contributed by atoms with Crippen LogP contribution in [-0.4, -0.2) is 24.8 Å². The number of carbonyl (C=O) groups excluding carboxylic acids is 3. The van der Waals surface area contributed by atoms with E-state index in [9.17, 15) is 14.4 Å². The molecular weight excluding hydrogens is 498 g/mol. The van der Waals surface area contributed by atoms with E-state index in [2.05, 4.69) is 31.9 Å². The largest absolute Gasteiger partial charge is 0.496 e. The molecule has 3 aromatic carbocycles. The van der Waals surface area contributed by atoms with Gasteiger partial charge < -0.3 is 20.7 Å². The molecule has 0 aliphatic carbocycles. The number of benzene rings is 3. The van der Waals surface area contributed by atoms with Gasteiger partial charge in [0.15, 0.2) is 0 Å². The van der Waals surface area contributed by atoms with Crippen molar-refractivity contribution < 1.29 is 19.1 Å². The molecule has 3 aromatic rings. The van der Waals surface area contributed by atoms with Gasteiger partial charge in [-0.2, -0.15) is 0 Å². The second-order valence-corrected chi connectivity index (χ2v) is 8.15. The fraction of sp³-hybridized carbons (Fsp3) is 0.115. The highest BCUT2D eigenvalue weighted by atomic mass is 79.9. The van der Waals surface area contributed by atoms with Gasteiger partial charge in [-0.3, -0.25) is 14.4 Å². The summed E-state index contributed by atoms with van der Waals surface area (Å²) in [4.78, 5) is 37.3. The van der Waals surface area contributed by atoms with Crippen LogP contribution in [0.15, 0.2) is 83.0 Å². The second kappa shape index (κ2) is 11.8. The number of anilines is 1. The zero-order valence-electron chi connectivity index (χ0n) is 18.7. The Morgan fingerprint density at radius 3 is 2.35 bits per heavy atom. The van der Waals surface area contributed by atoms with E-state index in [0.717, 1.165) is 5.56 Å². The standard InChI is InChI=1S/C26H24BrN3O4/c1-17(31)29-22-11-7-6-10-20(22)16-28-26(33)23(30-25(32)19-8-4-3-5-9-19)15-18-12-13-24(34-2)21(27)14-18/h3-15H,16H2,1-2H3,(H,28,33)(H,29,31)(H,30,32). The first-order valence-corrected chi connectivity index (χ1v) is 11.2. The number of amides is 3. The van der Waals surface area contributed by atoms with Crippen molar-refractivity contribution in [3.05, 3.63) is 99.7 Å². The van der Waals surface area contributed by atoms with Gasteiger partial charge in [0.25, 0.3) is 11.8 Å². The third-order valence-electron chi connectivity index (χ3n) is 4.78. The van der Waals surface area contributed by atoms with E-state index in [1.54, 1.807) is 73.8 Å². The van der Waals surface area contributed by atoms with E-state index >= 15 is 0 Å². The number of hydrogen-bond acceptors (Lipinski definition) is 4. The first-order valence-electron chi connectivity index (χ1n) is 10.4. The Kier molecular flexibility index (Phi) is 8.59. The number of ether oxygens (including phenoxy) is 1. The smallest absolute Gasteiger partial charge is 0.268 e. The van der Waals surface area contributed by atoms with Crippen molar-refractivity contribution in [1.82, 2.24) is 10.6 Å². The third kappa shape index (κ3) is 6.79. The summed E-state index contributed by atoms with van der Waals surface area (Å²) in [5, 5.41) is 8.27. The molecule has 7 nitrogen and oxygen atoms in total. The van der Waals surface area contributed by atoms with E-state index in [0.29, 0.717) is 27.0 Å². The third-order valence-corrected chi connectivity index (χ3v) is 5.40. The van der Waals surface area contributed by atoms with Gasteiger partial charge in [-0.25, -0.2) is 0 Å². The summed E-state index contributed by atoms with van der Waals surface area (Å²) in [6.45, 7) is 1.57. The first-order chi connectivity index (χ1) is 16.4. The molecule has 0 aromatic heterocycles. The summed E-state index contributed by atoms with van der Waals surface area (Å²) < 4.78 is 5.96. The van der Waals surface area contributed by atoms with Crippen LogP contribution in [0.2, 0.25) is 0 Å². The molecule has 0 radical (unpaired) electrons. The second-order valence-electron chi connectivity index (χ2n) is 7.29. The summed E-state index contributed by atoms with van der Waals surface area (Å²) in [6.07, 6.45) is 1.58. The molecule has 174 valence electrons. The van der Waals surface area contributed by atoms with Crippen molar-refractivity contribution in [1.29, 1.82) is 0 Å². The number of halogens is 1. The van der Waals surface area contributed by atoms with Crippen LogP contribution in [0, 0.1) is 0 Å². The highest BCUT2D eigenvalue weighted by Gasteiger charge is 2.16. The average Bonchev–Trinajstić information content (AvgIpc) is 2.83. The average molecular weight is 522 g/mol. The molecule has 8 heteroatoms. The van der Waals surface area contributed by atoms with Crippen LogP contribution in [-0.2, 0) is 16.1 Å². The Morgan fingerprint density at radius 1 is 0.971 bits per heavy atom. The van der Waals surface area contributed by atoms with Crippen molar-refractivity contribution in [2.45, 2.75) is 13.5 Å². The lowest BCUT2D eigenvalue weighted by molar-refractivity contribution is -0.118. The Hall–Kier alpha value is -3.91. The van der Waals surface area contributed by atoms with Crippen molar-refractivity contribution in [2.75, 3.05) is 12.4 Å². The molecule has 0 fully saturated rings. The molecule has 0 spiro atoms. The number of para-hydroxylation sites is 1. The van der Waals surface area contributed by atoms with Gasteiger partial charge in [-0.15, -0.1) is 0 Å². The number of nitrogens with one attached hydrogen (secondary N) is 3. The molecule has 0 aliphatic rings. The van der Waals surface area contributed by atoms with Crippen molar-refractivity contribution >= 4 is 45.4 Å². The summed E-state index contributed by atoms with van der Waals surface area (Å²) >= 11 is 3.43. The van der Waals surface area contributed by atoms with Crippen LogP contribution in [0.5, 0.6) is 5.75 Å². The van der Waals surface area contributed by atoms with E-state index in [4.69, 9.17) is 4.74 Å². The lowest BCUT2D eigenvalue weighted by Crippen LogP contribution is -2.34. The van der Waals surface area contributed by atoms with Gasteiger partial charge in [-0.05, 0) is 63.5 Å². The van der Waals surface area contributed by atoms with Crippen LogP contribution < -0.4 is 20.7 Å². The maximum absolute atomic E-state index is 13.1. The minimum Gasteiger partial charge on any atom is -0.496 e. The molecule has 0 saturated heterocycles. The fourth-order valence-corrected chi connectivity index (χ4v) is 3.70. The van der Waals surface area contributed by atoms with Crippen molar-refractivity contribution in [3.8, 4) is 5.75 Å². The molecule has 3 amide bonds. The number of rotatable bonds is 8. The Balaban J connectivity index is 1.85. The SMILES string of the molecule is COc1ccc(C=C(NC(=O)c2ccccc2)C(=O)NCc2ccccc2NC(C)=O)cc1Br. The molecule has 0 bridgehead atoms. The predicted octanol–water partition coefficient (Wildman–Crippen LogP) is 4.50. The Bertz CT molecular complexity index is 1230. The Morgan fingerprint density at radius 2 is 1.68 bits per heavy atom. The predicted molar refractivity (Wildman–Crippen MR) is 135 cm³/mol. The van der Waals surface area contributed by atoms with Gasteiger partial charge in [-0.1, -0.05) is 42.5 Å². The Labute approximate surface area is 206 Å². The zero-order chi connectivity index (χ0) is 24.5. The molecule has 0 aliphatic heterocycles. The minimum absolute atomic E-state index is 0.0722. The summed E-state index contributed by atoms with van der Waals surface area (Å²) in [7, 11) is 1.56.